The number of benzene rings is 1. The Kier molecular flexibility index (Phi) is 11.5. The second-order valence-electron chi connectivity index (χ2n) is 6.41. The highest BCUT2D eigenvalue weighted by Crippen LogP contribution is 2.08. The first-order valence-electron chi connectivity index (χ1n) is 9.36. The molecule has 0 aliphatic rings. The van der Waals surface area contributed by atoms with Gasteiger partial charge in [-0.25, -0.2) is 4.68 Å². The van der Waals surface area contributed by atoms with Gasteiger partial charge in [-0.15, -0.1) is 30.6 Å². The van der Waals surface area contributed by atoms with E-state index in [9.17, 15) is 0 Å². The number of hydrogen-bond donors (Lipinski definition) is 1. The number of nitrogens with one attached hydrogen (secondary N) is 1. The van der Waals surface area contributed by atoms with Gasteiger partial charge < -0.3 is 10.2 Å². The van der Waals surface area contributed by atoms with Crippen LogP contribution in [-0.4, -0.2) is 47.8 Å². The van der Waals surface area contributed by atoms with Crippen LogP contribution < -0.4 is 5.32 Å². The summed E-state index contributed by atoms with van der Waals surface area (Å²) >= 11 is 0. The number of hydrogen-bond acceptors (Lipinski definition) is 2. The Balaban J connectivity index is 0.00000364. The molecule has 0 fully saturated rings. The first-order chi connectivity index (χ1) is 12.7. The lowest BCUT2D eigenvalue weighted by Gasteiger charge is -2.22. The Morgan fingerprint density at radius 3 is 2.74 bits per heavy atom. The average molecular weight is 481 g/mol. The number of nitrogens with zero attached hydrogens (tertiary/aromatic N) is 4. The highest BCUT2D eigenvalue weighted by atomic mass is 127. The van der Waals surface area contributed by atoms with Gasteiger partial charge in [-0.1, -0.05) is 30.7 Å². The lowest BCUT2D eigenvalue weighted by molar-refractivity contribution is 0.455. The second-order valence-corrected chi connectivity index (χ2v) is 6.41. The Hall–Kier alpha value is -1.83. The molecule has 1 aromatic carbocycles. The molecule has 0 atom stereocenters. The molecular weight excluding hydrogens is 449 g/mol. The van der Waals surface area contributed by atoms with Crippen LogP contribution in [-0.2, 0) is 6.42 Å². The zero-order valence-electron chi connectivity index (χ0n) is 16.5. The fourth-order valence-corrected chi connectivity index (χ4v) is 2.83. The summed E-state index contributed by atoms with van der Waals surface area (Å²) in [5, 5.41) is 7.89. The Morgan fingerprint density at radius 2 is 2.04 bits per heavy atom. The SMILES string of the molecule is C=CCCCCCN(C)C(=NC)NCCc1cnn(-c2ccccc2)c1.I. The smallest absolute Gasteiger partial charge is 0.193 e. The molecule has 1 N–H and O–H groups in total. The molecule has 0 unspecified atom stereocenters. The van der Waals surface area contributed by atoms with Crippen molar-refractivity contribution in [2.45, 2.75) is 32.1 Å². The molecule has 0 saturated carbocycles. The van der Waals surface area contributed by atoms with Gasteiger partial charge in [0.15, 0.2) is 5.96 Å². The summed E-state index contributed by atoms with van der Waals surface area (Å²) in [6.45, 7) is 5.62. The van der Waals surface area contributed by atoms with Gasteiger partial charge in [0.1, 0.15) is 0 Å². The molecule has 0 radical (unpaired) electrons. The standard InChI is InChI=1S/C21H31N5.HI/c1-4-5-6-7-11-16-25(3)21(22-2)23-15-14-19-17-24-26(18-19)20-12-9-8-10-13-20;/h4,8-10,12-13,17-18H,1,5-7,11,14-16H2,2-3H3,(H,22,23);1H. The zero-order valence-corrected chi connectivity index (χ0v) is 18.8. The molecule has 0 spiro atoms. The zero-order chi connectivity index (χ0) is 18.6. The summed E-state index contributed by atoms with van der Waals surface area (Å²) in [6.07, 6.45) is 11.6. The number of unbranched alkanes of at least 4 members (excludes halogenated alkanes) is 3. The summed E-state index contributed by atoms with van der Waals surface area (Å²) < 4.78 is 1.92. The summed E-state index contributed by atoms with van der Waals surface area (Å²) in [6, 6.07) is 10.2. The van der Waals surface area contributed by atoms with E-state index in [-0.39, 0.29) is 24.0 Å². The van der Waals surface area contributed by atoms with Crippen LogP contribution in [0.1, 0.15) is 31.2 Å². The van der Waals surface area contributed by atoms with Crippen LogP contribution in [0.5, 0.6) is 0 Å². The fourth-order valence-electron chi connectivity index (χ4n) is 2.83. The molecule has 1 aromatic heterocycles. The molecule has 5 nitrogen and oxygen atoms in total. The second kappa shape index (κ2) is 13.4. The quantitative estimate of drug-likeness (QED) is 0.181. The van der Waals surface area contributed by atoms with Gasteiger partial charge in [-0.3, -0.25) is 4.99 Å². The monoisotopic (exact) mass is 481 g/mol. The molecule has 2 rings (SSSR count). The predicted octanol–water partition coefficient (Wildman–Crippen LogP) is 4.29. The van der Waals surface area contributed by atoms with Crippen molar-refractivity contribution in [1.29, 1.82) is 0 Å². The highest BCUT2D eigenvalue weighted by Gasteiger charge is 2.06. The van der Waals surface area contributed by atoms with Gasteiger partial charge in [-0.05, 0) is 43.4 Å². The van der Waals surface area contributed by atoms with Crippen molar-refractivity contribution < 1.29 is 0 Å². The topological polar surface area (TPSA) is 45.4 Å². The summed E-state index contributed by atoms with van der Waals surface area (Å²) in [7, 11) is 3.93. The Morgan fingerprint density at radius 1 is 1.26 bits per heavy atom. The van der Waals surface area contributed by atoms with Crippen molar-refractivity contribution in [2.75, 3.05) is 27.2 Å². The predicted molar refractivity (Wildman–Crippen MR) is 125 cm³/mol. The molecule has 27 heavy (non-hydrogen) atoms. The summed E-state index contributed by atoms with van der Waals surface area (Å²) in [5.74, 6) is 0.948. The van der Waals surface area contributed by atoms with Gasteiger partial charge >= 0.3 is 0 Å². The molecule has 0 aliphatic carbocycles. The van der Waals surface area contributed by atoms with Gasteiger partial charge in [-0.2, -0.15) is 5.10 Å². The normalized spacial score (nSPS) is 11.0. The Labute approximate surface area is 180 Å². The van der Waals surface area contributed by atoms with Crippen LogP contribution in [0.15, 0.2) is 60.4 Å². The lowest BCUT2D eigenvalue weighted by Crippen LogP contribution is -2.40. The molecule has 0 bridgehead atoms. The molecule has 148 valence electrons. The van der Waals surface area contributed by atoms with Gasteiger partial charge in [0.05, 0.1) is 11.9 Å². The number of aromatic nitrogens is 2. The third-order valence-electron chi connectivity index (χ3n) is 4.33. The van der Waals surface area contributed by atoms with E-state index in [0.29, 0.717) is 0 Å². The third-order valence-corrected chi connectivity index (χ3v) is 4.33. The van der Waals surface area contributed by atoms with Crippen molar-refractivity contribution in [3.63, 3.8) is 0 Å². The van der Waals surface area contributed by atoms with Crippen molar-refractivity contribution in [1.82, 2.24) is 20.0 Å². The average Bonchev–Trinajstić information content (AvgIpc) is 3.14. The third kappa shape index (κ3) is 8.15. The van der Waals surface area contributed by atoms with Crippen molar-refractivity contribution in [3.8, 4) is 5.69 Å². The minimum Gasteiger partial charge on any atom is -0.356 e. The Bertz CT molecular complexity index is 681. The van der Waals surface area contributed by atoms with Crippen molar-refractivity contribution >= 4 is 29.9 Å². The number of aliphatic imine (C=N–C) groups is 1. The van der Waals surface area contributed by atoms with Crippen LogP contribution in [0.25, 0.3) is 5.69 Å². The summed E-state index contributed by atoms with van der Waals surface area (Å²) in [5.41, 5.74) is 2.29. The van der Waals surface area contributed by atoms with Crippen LogP contribution in [0.2, 0.25) is 0 Å². The van der Waals surface area contributed by atoms with Gasteiger partial charge in [0.25, 0.3) is 0 Å². The number of rotatable bonds is 10. The fraction of sp³-hybridized carbons (Fsp3) is 0.429. The molecule has 1 heterocycles. The van der Waals surface area contributed by atoms with E-state index in [1.807, 2.05) is 42.2 Å². The van der Waals surface area contributed by atoms with Gasteiger partial charge in [0, 0.05) is 33.4 Å². The summed E-state index contributed by atoms with van der Waals surface area (Å²) in [4.78, 5) is 6.58. The van der Waals surface area contributed by atoms with Crippen molar-refractivity contribution in [2.24, 2.45) is 4.99 Å². The number of guanidine groups is 1. The minimum absolute atomic E-state index is 0. The van der Waals surface area contributed by atoms with Crippen molar-refractivity contribution in [3.05, 3.63) is 60.9 Å². The van der Waals surface area contributed by atoms with E-state index in [1.54, 1.807) is 0 Å². The largest absolute Gasteiger partial charge is 0.356 e. The molecule has 2 aromatic rings. The van der Waals surface area contributed by atoms with Crippen LogP contribution >= 0.6 is 24.0 Å². The van der Waals surface area contributed by atoms with E-state index >= 15 is 0 Å². The minimum atomic E-state index is 0. The van der Waals surface area contributed by atoms with E-state index < -0.39 is 0 Å². The van der Waals surface area contributed by atoms with Crippen LogP contribution in [0.4, 0.5) is 0 Å². The van der Waals surface area contributed by atoms with Gasteiger partial charge in [0.2, 0.25) is 0 Å². The molecule has 0 amide bonds. The first kappa shape index (κ1) is 23.2. The molecule has 0 aliphatic heterocycles. The maximum Gasteiger partial charge on any atom is 0.193 e. The molecule has 6 heteroatoms. The lowest BCUT2D eigenvalue weighted by atomic mass is 10.2. The van der Waals surface area contributed by atoms with Crippen LogP contribution in [0.3, 0.4) is 0 Å². The maximum atomic E-state index is 4.45. The maximum absolute atomic E-state index is 4.45. The number of allylic oxidation sites excluding steroid dienone is 1. The first-order valence-corrected chi connectivity index (χ1v) is 9.36. The molecular formula is C21H32IN5. The van der Waals surface area contributed by atoms with E-state index in [1.165, 1.54) is 24.8 Å². The highest BCUT2D eigenvalue weighted by molar-refractivity contribution is 14.0. The van der Waals surface area contributed by atoms with E-state index in [0.717, 1.165) is 37.6 Å². The number of halogens is 1. The molecule has 0 saturated heterocycles. The van der Waals surface area contributed by atoms with E-state index in [2.05, 4.69) is 52.3 Å². The van der Waals surface area contributed by atoms with E-state index in [4.69, 9.17) is 0 Å². The number of para-hydroxylation sites is 1. The van der Waals surface area contributed by atoms with Crippen LogP contribution in [0, 0.1) is 0 Å².